The minimum absolute atomic E-state index is 0.279. The van der Waals surface area contributed by atoms with Crippen molar-refractivity contribution in [2.24, 2.45) is 7.05 Å². The van der Waals surface area contributed by atoms with E-state index >= 15 is 0 Å². The third-order valence-corrected chi connectivity index (χ3v) is 4.58. The maximum absolute atomic E-state index is 12.8. The molecule has 1 saturated carbocycles. The second-order valence-electron chi connectivity index (χ2n) is 6.43. The van der Waals surface area contributed by atoms with Crippen molar-refractivity contribution in [2.75, 3.05) is 7.11 Å². The average Bonchev–Trinajstić information content (AvgIpc) is 3.23. The van der Waals surface area contributed by atoms with Gasteiger partial charge in [0.15, 0.2) is 5.69 Å². The number of benzene rings is 1. The lowest BCUT2D eigenvalue weighted by Gasteiger charge is -2.20. The third kappa shape index (κ3) is 3.08. The highest BCUT2D eigenvalue weighted by Gasteiger charge is 2.30. The lowest BCUT2D eigenvalue weighted by molar-refractivity contribution is 0.0931. The molecule has 0 bridgehead atoms. The molecule has 0 aliphatic heterocycles. The number of rotatable bonds is 6. The van der Waals surface area contributed by atoms with Crippen LogP contribution in [0, 0.1) is 0 Å². The fraction of sp³-hybridized carbons (Fsp3) is 0.316. The first kappa shape index (κ1) is 16.4. The van der Waals surface area contributed by atoms with Crippen molar-refractivity contribution in [3.63, 3.8) is 0 Å². The Morgan fingerprint density at radius 1 is 1.38 bits per heavy atom. The third-order valence-electron chi connectivity index (χ3n) is 4.58. The van der Waals surface area contributed by atoms with Crippen molar-refractivity contribution in [1.82, 2.24) is 20.0 Å². The Morgan fingerprint density at radius 3 is 2.88 bits per heavy atom. The Kier molecular flexibility index (Phi) is 4.20. The van der Waals surface area contributed by atoms with Gasteiger partial charge in [0, 0.05) is 37.0 Å². The number of aryl methyl sites for hydroxylation is 1. The Hall–Kier alpha value is -3.09. The van der Waals surface area contributed by atoms with Crippen molar-refractivity contribution >= 4 is 5.91 Å². The summed E-state index contributed by atoms with van der Waals surface area (Å²) in [5.74, 6) is 2.26. The number of imidazole rings is 1. The van der Waals surface area contributed by atoms with Gasteiger partial charge in [-0.05, 0) is 18.9 Å². The molecule has 0 radical (unpaired) electrons. The van der Waals surface area contributed by atoms with E-state index in [2.05, 4.69) is 15.5 Å². The fourth-order valence-electron chi connectivity index (χ4n) is 3.00. The van der Waals surface area contributed by atoms with Crippen LogP contribution in [-0.2, 0) is 7.05 Å². The number of nitrogens with zero attached hydrogens (tertiary/aromatic N) is 3. The first-order chi connectivity index (χ1) is 12.7. The van der Waals surface area contributed by atoms with Crippen LogP contribution in [0.3, 0.4) is 0 Å². The molecule has 26 heavy (non-hydrogen) atoms. The van der Waals surface area contributed by atoms with Crippen molar-refractivity contribution in [3.05, 3.63) is 65.6 Å². The van der Waals surface area contributed by atoms with Gasteiger partial charge >= 0.3 is 0 Å². The second kappa shape index (κ2) is 6.67. The number of nitrogens with one attached hydrogen (secondary N) is 1. The molecule has 1 amide bonds. The van der Waals surface area contributed by atoms with Crippen LogP contribution in [0.4, 0.5) is 0 Å². The molecule has 1 aliphatic rings. The number of aromatic nitrogens is 3. The van der Waals surface area contributed by atoms with Crippen LogP contribution >= 0.6 is 0 Å². The summed E-state index contributed by atoms with van der Waals surface area (Å²) in [7, 11) is 3.49. The molecule has 1 N–H and O–H groups in total. The monoisotopic (exact) mass is 352 g/mol. The molecule has 1 fully saturated rings. The molecule has 2 aromatic heterocycles. The van der Waals surface area contributed by atoms with Crippen LogP contribution in [0.2, 0.25) is 0 Å². The molecule has 1 atom stereocenters. The smallest absolute Gasteiger partial charge is 0.274 e. The van der Waals surface area contributed by atoms with E-state index in [1.165, 1.54) is 0 Å². The molecule has 134 valence electrons. The highest BCUT2D eigenvalue weighted by molar-refractivity contribution is 5.92. The Morgan fingerprint density at radius 2 is 2.19 bits per heavy atom. The number of amides is 1. The van der Waals surface area contributed by atoms with E-state index in [1.54, 1.807) is 19.4 Å². The van der Waals surface area contributed by atoms with Crippen molar-refractivity contribution in [1.29, 1.82) is 0 Å². The van der Waals surface area contributed by atoms with Crippen LogP contribution in [0.5, 0.6) is 5.75 Å². The number of hydrogen-bond donors (Lipinski definition) is 1. The first-order valence-corrected chi connectivity index (χ1v) is 8.55. The van der Waals surface area contributed by atoms with Gasteiger partial charge in [-0.3, -0.25) is 4.79 Å². The van der Waals surface area contributed by atoms with Crippen molar-refractivity contribution in [3.8, 4) is 5.75 Å². The Balaban J connectivity index is 1.66. The fourth-order valence-corrected chi connectivity index (χ4v) is 3.00. The zero-order chi connectivity index (χ0) is 18.1. The Labute approximate surface area is 151 Å². The van der Waals surface area contributed by atoms with E-state index in [4.69, 9.17) is 9.26 Å². The molecule has 0 spiro atoms. The molecule has 1 aromatic carbocycles. The molecule has 0 saturated heterocycles. The van der Waals surface area contributed by atoms with Crippen LogP contribution < -0.4 is 10.1 Å². The van der Waals surface area contributed by atoms with Crippen LogP contribution in [0.1, 0.15) is 52.4 Å². The summed E-state index contributed by atoms with van der Waals surface area (Å²) in [5.41, 5.74) is 1.10. The van der Waals surface area contributed by atoms with Gasteiger partial charge in [-0.1, -0.05) is 23.4 Å². The summed E-state index contributed by atoms with van der Waals surface area (Å²) in [6, 6.07) is 8.82. The summed E-state index contributed by atoms with van der Waals surface area (Å²) in [6.45, 7) is 0. The van der Waals surface area contributed by atoms with Gasteiger partial charge in [0.2, 0.25) is 0 Å². The van der Waals surface area contributed by atoms with Crippen LogP contribution in [-0.4, -0.2) is 27.7 Å². The standard InChI is InChI=1S/C19H20N4O3/c1-23-10-9-20-18(23)17(13-5-3-4-6-15(13)25-2)21-19(24)14-11-16(26-22-14)12-7-8-12/h3-6,9-12,17H,7-8H2,1-2H3,(H,21,24). The minimum Gasteiger partial charge on any atom is -0.496 e. The van der Waals surface area contributed by atoms with Gasteiger partial charge in [0.05, 0.1) is 7.11 Å². The highest BCUT2D eigenvalue weighted by Crippen LogP contribution is 2.40. The quantitative estimate of drug-likeness (QED) is 0.738. The van der Waals surface area contributed by atoms with Crippen LogP contribution in [0.15, 0.2) is 47.2 Å². The number of para-hydroxylation sites is 1. The molecule has 4 rings (SSSR count). The van der Waals surface area contributed by atoms with E-state index in [9.17, 15) is 4.79 Å². The van der Waals surface area contributed by atoms with Gasteiger partial charge < -0.3 is 19.1 Å². The molecule has 7 nitrogen and oxygen atoms in total. The van der Waals surface area contributed by atoms with Gasteiger partial charge in [-0.2, -0.15) is 0 Å². The van der Waals surface area contributed by atoms with E-state index in [0.29, 0.717) is 17.5 Å². The SMILES string of the molecule is COc1ccccc1C(NC(=O)c1cc(C2CC2)on1)c1nccn1C. The molecule has 2 heterocycles. The van der Waals surface area contributed by atoms with Gasteiger partial charge in [0.25, 0.3) is 5.91 Å². The number of carbonyl (C=O) groups excluding carboxylic acids is 1. The molecule has 7 heteroatoms. The molecule has 1 unspecified atom stereocenters. The largest absolute Gasteiger partial charge is 0.496 e. The maximum Gasteiger partial charge on any atom is 0.274 e. The van der Waals surface area contributed by atoms with Gasteiger partial charge in [0.1, 0.15) is 23.4 Å². The summed E-state index contributed by atoms with van der Waals surface area (Å²) in [5, 5.41) is 6.94. The second-order valence-corrected chi connectivity index (χ2v) is 6.43. The zero-order valence-electron chi connectivity index (χ0n) is 14.7. The Bertz CT molecular complexity index is 926. The number of hydrogen-bond acceptors (Lipinski definition) is 5. The lowest BCUT2D eigenvalue weighted by atomic mass is 10.0. The summed E-state index contributed by atoms with van der Waals surface area (Å²) < 4.78 is 12.6. The predicted octanol–water partition coefficient (Wildman–Crippen LogP) is 2.81. The maximum atomic E-state index is 12.8. The topological polar surface area (TPSA) is 82.2 Å². The van der Waals surface area contributed by atoms with Gasteiger partial charge in [-0.15, -0.1) is 0 Å². The molecule has 3 aromatic rings. The van der Waals surface area contributed by atoms with E-state index in [1.807, 2.05) is 42.1 Å². The van der Waals surface area contributed by atoms with E-state index in [0.717, 1.165) is 24.2 Å². The normalized spacial score (nSPS) is 14.8. The highest BCUT2D eigenvalue weighted by atomic mass is 16.5. The zero-order valence-corrected chi connectivity index (χ0v) is 14.7. The summed E-state index contributed by atoms with van der Waals surface area (Å²) in [4.78, 5) is 17.2. The van der Waals surface area contributed by atoms with E-state index in [-0.39, 0.29) is 11.6 Å². The lowest BCUT2D eigenvalue weighted by Crippen LogP contribution is -2.31. The number of carbonyl (C=O) groups is 1. The molecular weight excluding hydrogens is 332 g/mol. The number of ether oxygens (including phenoxy) is 1. The minimum atomic E-state index is -0.472. The van der Waals surface area contributed by atoms with Gasteiger partial charge in [-0.25, -0.2) is 4.98 Å². The van der Waals surface area contributed by atoms with Crippen molar-refractivity contribution < 1.29 is 14.1 Å². The average molecular weight is 352 g/mol. The first-order valence-electron chi connectivity index (χ1n) is 8.55. The summed E-state index contributed by atoms with van der Waals surface area (Å²) in [6.07, 6.45) is 5.72. The van der Waals surface area contributed by atoms with Crippen LogP contribution in [0.25, 0.3) is 0 Å². The summed E-state index contributed by atoms with van der Waals surface area (Å²) >= 11 is 0. The van der Waals surface area contributed by atoms with Crippen molar-refractivity contribution in [2.45, 2.75) is 24.8 Å². The predicted molar refractivity (Wildman–Crippen MR) is 94.0 cm³/mol. The number of methoxy groups -OCH3 is 1. The molecular formula is C19H20N4O3. The van der Waals surface area contributed by atoms with E-state index < -0.39 is 6.04 Å². The molecule has 1 aliphatic carbocycles.